The van der Waals surface area contributed by atoms with E-state index in [0.29, 0.717) is 5.69 Å². The second-order valence-electron chi connectivity index (χ2n) is 2.85. The zero-order valence-electron chi connectivity index (χ0n) is 7.07. The van der Waals surface area contributed by atoms with Gasteiger partial charge in [0.05, 0.1) is 4.70 Å². The third-order valence-corrected chi connectivity index (χ3v) is 2.93. The maximum Gasteiger partial charge on any atom is 0.269 e. The van der Waals surface area contributed by atoms with Crippen LogP contribution in [-0.2, 0) is 0 Å². The summed E-state index contributed by atoms with van der Waals surface area (Å²) in [6.07, 6.45) is 0. The predicted molar refractivity (Wildman–Crippen MR) is 52.9 cm³/mol. The molecule has 1 aromatic heterocycles. The van der Waals surface area contributed by atoms with Gasteiger partial charge in [-0.05, 0) is 24.0 Å². The van der Waals surface area contributed by atoms with Gasteiger partial charge in [-0.3, -0.25) is 4.79 Å². The van der Waals surface area contributed by atoms with Gasteiger partial charge in [-0.2, -0.15) is 4.37 Å². The molecule has 13 heavy (non-hydrogen) atoms. The van der Waals surface area contributed by atoms with Gasteiger partial charge in [0.15, 0.2) is 0 Å². The molecule has 2 aromatic rings. The first-order valence-corrected chi connectivity index (χ1v) is 4.62. The molecule has 0 aliphatic heterocycles. The topological polar surface area (TPSA) is 56.0 Å². The van der Waals surface area contributed by atoms with Crippen molar-refractivity contribution in [1.82, 2.24) is 4.37 Å². The summed E-state index contributed by atoms with van der Waals surface area (Å²) in [5.74, 6) is -0.461. The van der Waals surface area contributed by atoms with Gasteiger partial charge in [-0.25, -0.2) is 0 Å². The van der Waals surface area contributed by atoms with Gasteiger partial charge >= 0.3 is 0 Å². The number of fused-ring (bicyclic) bond motifs is 1. The number of rotatable bonds is 1. The monoisotopic (exact) mass is 192 g/mol. The first kappa shape index (κ1) is 8.19. The molecular formula is C9H8N2OS. The quantitative estimate of drug-likeness (QED) is 0.747. The fourth-order valence-corrected chi connectivity index (χ4v) is 2.12. The minimum Gasteiger partial charge on any atom is -0.364 e. The standard InChI is InChI=1S/C9H8N2OS/c1-5-3-2-4-6-7(9(10)12)11-13-8(5)6/h2-4H,1H3,(H2,10,12). The van der Waals surface area contributed by atoms with Gasteiger partial charge in [0.1, 0.15) is 5.69 Å². The molecule has 0 fully saturated rings. The zero-order valence-corrected chi connectivity index (χ0v) is 7.89. The van der Waals surface area contributed by atoms with Crippen molar-refractivity contribution in [2.75, 3.05) is 0 Å². The summed E-state index contributed by atoms with van der Waals surface area (Å²) < 4.78 is 5.06. The van der Waals surface area contributed by atoms with Crippen LogP contribution in [0.25, 0.3) is 10.1 Å². The Balaban J connectivity index is 2.83. The fourth-order valence-electron chi connectivity index (χ4n) is 1.28. The first-order chi connectivity index (χ1) is 6.20. The number of primary amides is 1. The molecule has 0 saturated carbocycles. The van der Waals surface area contributed by atoms with Crippen molar-refractivity contribution < 1.29 is 4.79 Å². The maximum atomic E-state index is 11.0. The van der Waals surface area contributed by atoms with E-state index in [1.165, 1.54) is 11.5 Å². The van der Waals surface area contributed by atoms with E-state index in [4.69, 9.17) is 5.73 Å². The van der Waals surface area contributed by atoms with Gasteiger partial charge in [0.2, 0.25) is 0 Å². The van der Waals surface area contributed by atoms with Crippen LogP contribution >= 0.6 is 11.5 Å². The number of hydrogen-bond donors (Lipinski definition) is 1. The highest BCUT2D eigenvalue weighted by molar-refractivity contribution is 7.13. The minimum absolute atomic E-state index is 0.378. The summed E-state index contributed by atoms with van der Waals surface area (Å²) in [5, 5.41) is 0.859. The number of carbonyl (C=O) groups excluding carboxylic acids is 1. The van der Waals surface area contributed by atoms with E-state index in [2.05, 4.69) is 4.37 Å². The summed E-state index contributed by atoms with van der Waals surface area (Å²) in [5.41, 5.74) is 6.69. The van der Waals surface area contributed by atoms with E-state index in [9.17, 15) is 4.79 Å². The van der Waals surface area contributed by atoms with Crippen molar-refractivity contribution in [3.8, 4) is 0 Å². The Morgan fingerprint density at radius 3 is 3.00 bits per heavy atom. The van der Waals surface area contributed by atoms with Crippen molar-refractivity contribution in [2.24, 2.45) is 5.73 Å². The highest BCUT2D eigenvalue weighted by atomic mass is 32.1. The van der Waals surface area contributed by atoms with E-state index in [1.807, 2.05) is 25.1 Å². The number of benzene rings is 1. The highest BCUT2D eigenvalue weighted by Gasteiger charge is 2.11. The summed E-state index contributed by atoms with van der Waals surface area (Å²) in [4.78, 5) is 11.0. The molecule has 66 valence electrons. The largest absolute Gasteiger partial charge is 0.364 e. The lowest BCUT2D eigenvalue weighted by Gasteiger charge is -1.93. The number of carbonyl (C=O) groups is 1. The molecule has 0 spiro atoms. The molecule has 2 rings (SSSR count). The van der Waals surface area contributed by atoms with Crippen molar-refractivity contribution in [3.05, 3.63) is 29.5 Å². The Labute approximate surface area is 79.3 Å². The zero-order chi connectivity index (χ0) is 9.42. The Morgan fingerprint density at radius 1 is 1.54 bits per heavy atom. The molecule has 0 radical (unpaired) electrons. The van der Waals surface area contributed by atoms with Gasteiger partial charge in [-0.1, -0.05) is 18.2 Å². The number of nitrogens with zero attached hydrogens (tertiary/aromatic N) is 1. The van der Waals surface area contributed by atoms with Gasteiger partial charge in [0.25, 0.3) is 5.91 Å². The molecule has 3 nitrogen and oxygen atoms in total. The van der Waals surface area contributed by atoms with Crippen molar-refractivity contribution in [2.45, 2.75) is 6.92 Å². The molecule has 0 aliphatic rings. The second kappa shape index (κ2) is 2.81. The van der Waals surface area contributed by atoms with E-state index < -0.39 is 5.91 Å². The number of nitrogens with two attached hydrogens (primary N) is 1. The molecule has 1 amide bonds. The van der Waals surface area contributed by atoms with Crippen LogP contribution in [0, 0.1) is 6.92 Å². The number of aryl methyl sites for hydroxylation is 1. The SMILES string of the molecule is Cc1cccc2c(C(N)=O)nsc12. The minimum atomic E-state index is -0.461. The summed E-state index contributed by atoms with van der Waals surface area (Å²) in [6.45, 7) is 1.99. The van der Waals surface area contributed by atoms with Gasteiger partial charge in [0, 0.05) is 5.39 Å². The highest BCUT2D eigenvalue weighted by Crippen LogP contribution is 2.25. The third-order valence-electron chi connectivity index (χ3n) is 1.93. The van der Waals surface area contributed by atoms with Crippen LogP contribution in [0.2, 0.25) is 0 Å². The van der Waals surface area contributed by atoms with Crippen molar-refractivity contribution in [1.29, 1.82) is 0 Å². The van der Waals surface area contributed by atoms with Crippen LogP contribution in [0.1, 0.15) is 16.1 Å². The Hall–Kier alpha value is -1.42. The first-order valence-electron chi connectivity index (χ1n) is 3.85. The Kier molecular flexibility index (Phi) is 1.77. The summed E-state index contributed by atoms with van der Waals surface area (Å²) in [7, 11) is 0. The predicted octanol–water partition coefficient (Wildman–Crippen LogP) is 1.70. The molecule has 0 bridgehead atoms. The fraction of sp³-hybridized carbons (Fsp3) is 0.111. The number of hydrogen-bond acceptors (Lipinski definition) is 3. The average Bonchev–Trinajstić information content (AvgIpc) is 2.48. The third kappa shape index (κ3) is 1.19. The number of amides is 1. The van der Waals surface area contributed by atoms with Crippen molar-refractivity contribution >= 4 is 27.5 Å². The number of aromatic nitrogens is 1. The molecule has 0 aliphatic carbocycles. The molecule has 1 heterocycles. The molecular weight excluding hydrogens is 184 g/mol. The van der Waals surface area contributed by atoms with Crippen LogP contribution in [0.3, 0.4) is 0 Å². The summed E-state index contributed by atoms with van der Waals surface area (Å²) in [6, 6.07) is 5.76. The maximum absolute atomic E-state index is 11.0. The lowest BCUT2D eigenvalue weighted by molar-refractivity contribution is 0.0998. The van der Waals surface area contributed by atoms with E-state index in [1.54, 1.807) is 0 Å². The van der Waals surface area contributed by atoms with E-state index >= 15 is 0 Å². The summed E-state index contributed by atoms with van der Waals surface area (Å²) >= 11 is 1.32. The van der Waals surface area contributed by atoms with Gasteiger partial charge < -0.3 is 5.73 Å². The lowest BCUT2D eigenvalue weighted by atomic mass is 10.1. The van der Waals surface area contributed by atoms with Crippen LogP contribution < -0.4 is 5.73 Å². The Morgan fingerprint density at radius 2 is 2.31 bits per heavy atom. The van der Waals surface area contributed by atoms with Gasteiger partial charge in [-0.15, -0.1) is 0 Å². The van der Waals surface area contributed by atoms with E-state index in [-0.39, 0.29) is 0 Å². The van der Waals surface area contributed by atoms with Crippen molar-refractivity contribution in [3.63, 3.8) is 0 Å². The molecule has 1 aromatic carbocycles. The van der Waals surface area contributed by atoms with Crippen LogP contribution in [0.4, 0.5) is 0 Å². The molecule has 0 saturated heterocycles. The van der Waals surface area contributed by atoms with Crippen LogP contribution in [-0.4, -0.2) is 10.3 Å². The molecule has 4 heteroatoms. The molecule has 0 unspecified atom stereocenters. The van der Waals surface area contributed by atoms with Crippen LogP contribution in [0.5, 0.6) is 0 Å². The second-order valence-corrected chi connectivity index (χ2v) is 3.62. The Bertz CT molecular complexity index is 475. The smallest absolute Gasteiger partial charge is 0.269 e. The average molecular weight is 192 g/mol. The normalized spacial score (nSPS) is 10.5. The molecule has 0 atom stereocenters. The molecule has 2 N–H and O–H groups in total. The van der Waals surface area contributed by atoms with Crippen LogP contribution in [0.15, 0.2) is 18.2 Å². The lowest BCUT2D eigenvalue weighted by Crippen LogP contribution is -2.11. The van der Waals surface area contributed by atoms with E-state index in [0.717, 1.165) is 15.6 Å².